The summed E-state index contributed by atoms with van der Waals surface area (Å²) in [6.07, 6.45) is 2.35. The molecular formula is C26H29N3O5. The Hall–Kier alpha value is -2.87. The van der Waals surface area contributed by atoms with Gasteiger partial charge in [0.2, 0.25) is 17.7 Å². The van der Waals surface area contributed by atoms with E-state index in [0.29, 0.717) is 36.4 Å². The van der Waals surface area contributed by atoms with E-state index in [1.54, 1.807) is 24.8 Å². The zero-order valence-corrected chi connectivity index (χ0v) is 19.9. The summed E-state index contributed by atoms with van der Waals surface area (Å²) in [6, 6.07) is 5.55. The maximum Gasteiger partial charge on any atom is 0.249 e. The van der Waals surface area contributed by atoms with Gasteiger partial charge in [-0.1, -0.05) is 19.9 Å². The lowest BCUT2D eigenvalue weighted by molar-refractivity contribution is -0.175. The highest BCUT2D eigenvalue weighted by molar-refractivity contribution is 6.15. The van der Waals surface area contributed by atoms with Gasteiger partial charge in [-0.05, 0) is 62.6 Å². The summed E-state index contributed by atoms with van der Waals surface area (Å²) in [5.41, 5.74) is -2.46. The Morgan fingerprint density at radius 2 is 1.94 bits per heavy atom. The van der Waals surface area contributed by atoms with Crippen LogP contribution < -0.4 is 10.6 Å². The number of furan rings is 1. The van der Waals surface area contributed by atoms with E-state index in [4.69, 9.17) is 4.42 Å². The number of nitrogens with one attached hydrogen (secondary N) is 2. The number of amides is 3. The fraction of sp³-hybridized carbons (Fsp3) is 0.577. The molecule has 4 saturated heterocycles. The molecule has 4 unspecified atom stereocenters. The van der Waals surface area contributed by atoms with Crippen LogP contribution in [0, 0.1) is 11.3 Å². The van der Waals surface area contributed by atoms with E-state index in [-0.39, 0.29) is 30.1 Å². The molecule has 5 aliphatic heterocycles. The van der Waals surface area contributed by atoms with Crippen LogP contribution >= 0.6 is 0 Å². The Kier molecular flexibility index (Phi) is 3.32. The number of hydrogen-bond acceptors (Lipinski definition) is 5. The Morgan fingerprint density at radius 3 is 2.68 bits per heavy atom. The van der Waals surface area contributed by atoms with Crippen molar-refractivity contribution in [3.63, 3.8) is 0 Å². The molecule has 34 heavy (non-hydrogen) atoms. The first-order chi connectivity index (χ1) is 15.9. The number of fused-ring (bicyclic) bond motifs is 5. The SMILES string of the molecule is CC(C)(O)c1cc2c3c(ccc2o1)C1(CC24NC(=O)C5(CCCN5C2=O)CC4C1(C)C)C(=O)N3. The van der Waals surface area contributed by atoms with E-state index >= 15 is 0 Å². The first kappa shape index (κ1) is 20.5. The average Bonchev–Trinajstić information content (AvgIpc) is 3.47. The Labute approximate surface area is 197 Å². The number of rotatable bonds is 1. The molecular weight excluding hydrogens is 434 g/mol. The monoisotopic (exact) mass is 463 g/mol. The number of carbonyl (C=O) groups excluding carboxylic acids is 3. The second kappa shape index (κ2) is 5.51. The minimum absolute atomic E-state index is 0.0271. The van der Waals surface area contributed by atoms with Crippen LogP contribution in [0.5, 0.6) is 0 Å². The highest BCUT2D eigenvalue weighted by Crippen LogP contribution is 2.70. The van der Waals surface area contributed by atoms with Crippen molar-refractivity contribution >= 4 is 34.4 Å². The molecule has 8 heteroatoms. The molecule has 2 aromatic rings. The first-order valence-electron chi connectivity index (χ1n) is 12.1. The summed E-state index contributed by atoms with van der Waals surface area (Å²) in [5, 5.41) is 17.5. The highest BCUT2D eigenvalue weighted by atomic mass is 16.4. The summed E-state index contributed by atoms with van der Waals surface area (Å²) >= 11 is 0. The molecule has 8 nitrogen and oxygen atoms in total. The molecule has 6 aliphatic rings. The summed E-state index contributed by atoms with van der Waals surface area (Å²) in [5.74, 6) is 0.0409. The molecule has 6 heterocycles. The van der Waals surface area contributed by atoms with Crippen molar-refractivity contribution in [2.75, 3.05) is 11.9 Å². The van der Waals surface area contributed by atoms with Crippen molar-refractivity contribution in [3.8, 4) is 0 Å². The maximum atomic E-state index is 13.9. The number of hydrogen-bond donors (Lipinski definition) is 3. The minimum atomic E-state index is -1.16. The van der Waals surface area contributed by atoms with Gasteiger partial charge in [0.05, 0.1) is 11.1 Å². The van der Waals surface area contributed by atoms with E-state index in [0.717, 1.165) is 17.4 Å². The third-order valence-corrected chi connectivity index (χ3v) is 9.92. The number of anilines is 1. The van der Waals surface area contributed by atoms with Crippen molar-refractivity contribution < 1.29 is 23.9 Å². The van der Waals surface area contributed by atoms with Gasteiger partial charge >= 0.3 is 0 Å². The van der Waals surface area contributed by atoms with E-state index in [9.17, 15) is 19.5 Å². The average molecular weight is 464 g/mol. The van der Waals surface area contributed by atoms with Crippen LogP contribution in [0.4, 0.5) is 5.69 Å². The second-order valence-corrected chi connectivity index (χ2v) is 12.1. The van der Waals surface area contributed by atoms with Crippen LogP contribution in [0.25, 0.3) is 11.0 Å². The van der Waals surface area contributed by atoms with Crippen molar-refractivity contribution in [1.82, 2.24) is 10.2 Å². The number of carbonyl (C=O) groups is 3. The highest BCUT2D eigenvalue weighted by Gasteiger charge is 2.80. The fourth-order valence-corrected chi connectivity index (χ4v) is 8.20. The van der Waals surface area contributed by atoms with Crippen LogP contribution in [0.3, 0.4) is 0 Å². The molecule has 1 aliphatic carbocycles. The predicted octanol–water partition coefficient (Wildman–Crippen LogP) is 2.53. The Balaban J connectivity index is 1.45. The zero-order chi connectivity index (χ0) is 24.1. The molecule has 2 bridgehead atoms. The van der Waals surface area contributed by atoms with Gasteiger partial charge in [-0.25, -0.2) is 0 Å². The standard InChI is InChI=1S/C26H29N3O5/c1-22(2)16-11-24-8-5-9-29(24)21(32)26(16,28-19(24)30)12-25(22)14-6-7-15-13(18(14)27-20(25)31)10-17(34-15)23(3,4)33/h6-7,10,16,33H,5,8-9,11-12H2,1-4H3,(H,27,31)(H,28,30). The van der Waals surface area contributed by atoms with Gasteiger partial charge in [-0.2, -0.15) is 0 Å². The molecule has 3 amide bonds. The van der Waals surface area contributed by atoms with Crippen molar-refractivity contribution in [2.45, 2.75) is 75.5 Å². The molecule has 3 N–H and O–H groups in total. The second-order valence-electron chi connectivity index (χ2n) is 12.1. The fourth-order valence-electron chi connectivity index (χ4n) is 8.20. The molecule has 1 saturated carbocycles. The summed E-state index contributed by atoms with van der Waals surface area (Å²) in [6.45, 7) is 8.08. The van der Waals surface area contributed by atoms with Gasteiger partial charge < -0.3 is 25.1 Å². The summed E-state index contributed by atoms with van der Waals surface area (Å²) in [7, 11) is 0. The van der Waals surface area contributed by atoms with Gasteiger partial charge in [-0.3, -0.25) is 14.4 Å². The molecule has 1 aromatic carbocycles. The quantitative estimate of drug-likeness (QED) is 0.602. The molecule has 4 atom stereocenters. The van der Waals surface area contributed by atoms with E-state index in [2.05, 4.69) is 24.5 Å². The molecule has 8 rings (SSSR count). The molecule has 1 aromatic heterocycles. The third kappa shape index (κ3) is 1.90. The summed E-state index contributed by atoms with van der Waals surface area (Å²) in [4.78, 5) is 43.0. The van der Waals surface area contributed by atoms with E-state index in [1.807, 2.05) is 12.1 Å². The molecule has 5 fully saturated rings. The first-order valence-corrected chi connectivity index (χ1v) is 12.1. The number of aliphatic hydroxyl groups is 1. The van der Waals surface area contributed by atoms with Crippen LogP contribution in [0.15, 0.2) is 22.6 Å². The lowest BCUT2D eigenvalue weighted by Crippen LogP contribution is -2.81. The number of piperazine rings is 1. The molecule has 178 valence electrons. The number of benzene rings is 1. The van der Waals surface area contributed by atoms with Gasteiger partial charge in [0.25, 0.3) is 0 Å². The van der Waals surface area contributed by atoms with Gasteiger partial charge in [-0.15, -0.1) is 0 Å². The van der Waals surface area contributed by atoms with Crippen molar-refractivity contribution in [2.24, 2.45) is 11.3 Å². The molecule has 0 radical (unpaired) electrons. The van der Waals surface area contributed by atoms with Crippen molar-refractivity contribution in [1.29, 1.82) is 0 Å². The van der Waals surface area contributed by atoms with Gasteiger partial charge in [0, 0.05) is 17.8 Å². The number of piperidine rings is 2. The topological polar surface area (TPSA) is 112 Å². The van der Waals surface area contributed by atoms with Crippen molar-refractivity contribution in [3.05, 3.63) is 29.5 Å². The lowest BCUT2D eigenvalue weighted by atomic mass is 9.57. The third-order valence-electron chi connectivity index (χ3n) is 9.92. The Bertz CT molecular complexity index is 1350. The predicted molar refractivity (Wildman–Crippen MR) is 123 cm³/mol. The van der Waals surface area contributed by atoms with Crippen LogP contribution in [0.1, 0.15) is 64.7 Å². The normalized spacial score (nSPS) is 37.3. The smallest absolute Gasteiger partial charge is 0.249 e. The Morgan fingerprint density at radius 1 is 1.18 bits per heavy atom. The minimum Gasteiger partial charge on any atom is -0.458 e. The van der Waals surface area contributed by atoms with Gasteiger partial charge in [0.1, 0.15) is 28.0 Å². The summed E-state index contributed by atoms with van der Waals surface area (Å²) < 4.78 is 5.90. The maximum absolute atomic E-state index is 13.9. The van der Waals surface area contributed by atoms with Crippen LogP contribution in [-0.4, -0.2) is 45.4 Å². The van der Waals surface area contributed by atoms with Crippen LogP contribution in [0.2, 0.25) is 0 Å². The number of nitrogens with zero attached hydrogens (tertiary/aromatic N) is 1. The van der Waals surface area contributed by atoms with Gasteiger partial charge in [0.15, 0.2) is 0 Å². The lowest BCUT2D eigenvalue weighted by Gasteiger charge is -2.59. The zero-order valence-electron chi connectivity index (χ0n) is 19.9. The van der Waals surface area contributed by atoms with Crippen LogP contribution in [-0.2, 0) is 25.4 Å². The van der Waals surface area contributed by atoms with E-state index in [1.165, 1.54) is 0 Å². The van der Waals surface area contributed by atoms with E-state index < -0.39 is 27.5 Å². The molecule has 3 spiro atoms. The largest absolute Gasteiger partial charge is 0.458 e.